The van der Waals surface area contributed by atoms with Crippen LogP contribution in [-0.4, -0.2) is 39.3 Å². The fraction of sp³-hybridized carbons (Fsp3) is 0.536. The van der Waals surface area contributed by atoms with Crippen LogP contribution >= 0.6 is 0 Å². The van der Waals surface area contributed by atoms with Crippen molar-refractivity contribution in [2.45, 2.75) is 57.4 Å². The number of hydrogen-bond acceptors (Lipinski definition) is 6. The molecule has 35 heavy (non-hydrogen) atoms. The number of piperidine rings is 1. The first-order chi connectivity index (χ1) is 17.2. The van der Waals surface area contributed by atoms with Crippen LogP contribution < -0.4 is 15.8 Å². The molecule has 0 radical (unpaired) electrons. The third-order valence-electron chi connectivity index (χ3n) is 8.57. The lowest BCUT2D eigenvalue weighted by Crippen LogP contribution is -2.33. The molecule has 7 heteroatoms. The fourth-order valence-electron chi connectivity index (χ4n) is 6.69. The Balaban J connectivity index is 1.17. The van der Waals surface area contributed by atoms with Crippen LogP contribution in [-0.2, 0) is 0 Å². The third kappa shape index (κ3) is 4.54. The molecule has 1 saturated heterocycles. The number of fused-ring (bicyclic) bond motifs is 3. The maximum absolute atomic E-state index is 12.9. The summed E-state index contributed by atoms with van der Waals surface area (Å²) in [4.78, 5) is 24.7. The van der Waals surface area contributed by atoms with Gasteiger partial charge in [-0.15, -0.1) is 0 Å². The maximum Gasteiger partial charge on any atom is 0.252 e. The van der Waals surface area contributed by atoms with Crippen LogP contribution in [0.3, 0.4) is 0 Å². The van der Waals surface area contributed by atoms with E-state index in [2.05, 4.69) is 39.5 Å². The van der Waals surface area contributed by atoms with Crippen molar-refractivity contribution >= 4 is 28.4 Å². The second-order valence-corrected chi connectivity index (χ2v) is 10.7. The summed E-state index contributed by atoms with van der Waals surface area (Å²) in [7, 11) is 0. The highest BCUT2D eigenvalue weighted by Gasteiger charge is 2.41. The summed E-state index contributed by atoms with van der Waals surface area (Å²) in [6, 6.07) is 12.2. The normalized spacial score (nSPS) is 24.4. The Kier molecular flexibility index (Phi) is 6.19. The molecule has 0 spiro atoms. The van der Waals surface area contributed by atoms with Gasteiger partial charge in [-0.2, -0.15) is 4.98 Å². The molecule has 3 fully saturated rings. The molecule has 6 rings (SSSR count). The molecule has 3 aliphatic rings. The van der Waals surface area contributed by atoms with Crippen LogP contribution in [0, 0.1) is 17.8 Å². The van der Waals surface area contributed by atoms with Crippen molar-refractivity contribution in [1.29, 1.82) is 0 Å². The van der Waals surface area contributed by atoms with E-state index in [9.17, 15) is 4.79 Å². The van der Waals surface area contributed by atoms with Crippen molar-refractivity contribution < 1.29 is 5.11 Å². The van der Waals surface area contributed by atoms with Gasteiger partial charge in [0.25, 0.3) is 5.56 Å². The summed E-state index contributed by atoms with van der Waals surface area (Å²) >= 11 is 0. The predicted octanol–water partition coefficient (Wildman–Crippen LogP) is 4.89. The molecule has 2 aliphatic carbocycles. The zero-order chi connectivity index (χ0) is 23.8. The Bertz CT molecular complexity index is 1230. The van der Waals surface area contributed by atoms with Crippen molar-refractivity contribution in [3.8, 4) is 0 Å². The minimum absolute atomic E-state index is 0.0455. The number of hydrogen-bond donors (Lipinski definition) is 2. The molecular formula is C28H35N5O2. The Morgan fingerprint density at radius 1 is 1.00 bits per heavy atom. The average molecular weight is 474 g/mol. The zero-order valence-corrected chi connectivity index (χ0v) is 20.3. The van der Waals surface area contributed by atoms with Gasteiger partial charge in [0, 0.05) is 54.8 Å². The molecular weight excluding hydrogens is 438 g/mol. The van der Waals surface area contributed by atoms with Gasteiger partial charge in [0.05, 0.1) is 0 Å². The Morgan fingerprint density at radius 3 is 2.54 bits per heavy atom. The van der Waals surface area contributed by atoms with E-state index >= 15 is 0 Å². The number of aliphatic hydroxyl groups excluding tert-OH is 1. The number of aliphatic hydroxyl groups is 1. The summed E-state index contributed by atoms with van der Waals surface area (Å²) in [5, 5.41) is 13.3. The number of pyridine rings is 1. The van der Waals surface area contributed by atoms with Crippen molar-refractivity contribution in [1.82, 2.24) is 14.5 Å². The van der Waals surface area contributed by atoms with Crippen LogP contribution in [0.4, 0.5) is 17.3 Å². The van der Waals surface area contributed by atoms with E-state index in [1.54, 1.807) is 6.07 Å². The topological polar surface area (TPSA) is 83.3 Å². The summed E-state index contributed by atoms with van der Waals surface area (Å²) in [6.07, 6.45) is 11.1. The van der Waals surface area contributed by atoms with Crippen LogP contribution in [0.5, 0.6) is 0 Å². The lowest BCUT2D eigenvalue weighted by atomic mass is 9.92. The van der Waals surface area contributed by atoms with Gasteiger partial charge in [-0.3, -0.25) is 9.36 Å². The monoisotopic (exact) mass is 473 g/mol. The van der Waals surface area contributed by atoms with Gasteiger partial charge in [0.15, 0.2) is 0 Å². The summed E-state index contributed by atoms with van der Waals surface area (Å²) in [5.41, 5.74) is 2.97. The molecule has 1 aliphatic heterocycles. The lowest BCUT2D eigenvalue weighted by molar-refractivity contribution is 0.261. The number of benzene rings is 1. The Labute approximate surface area is 206 Å². The second kappa shape index (κ2) is 9.61. The quantitative estimate of drug-likeness (QED) is 0.509. The number of rotatable bonds is 7. The minimum atomic E-state index is 0.0455. The van der Waals surface area contributed by atoms with Crippen molar-refractivity contribution in [2.24, 2.45) is 17.8 Å². The molecule has 7 nitrogen and oxygen atoms in total. The van der Waals surface area contributed by atoms with E-state index in [-0.39, 0.29) is 11.6 Å². The highest BCUT2D eigenvalue weighted by atomic mass is 16.2. The summed E-state index contributed by atoms with van der Waals surface area (Å²) in [6.45, 7) is 2.43. The maximum atomic E-state index is 12.9. The third-order valence-corrected chi connectivity index (χ3v) is 8.57. The molecule has 2 N–H and O–H groups in total. The molecule has 3 aromatic rings. The van der Waals surface area contributed by atoms with Gasteiger partial charge in [-0.25, -0.2) is 4.98 Å². The van der Waals surface area contributed by atoms with Gasteiger partial charge in [-0.1, -0.05) is 6.42 Å². The molecule has 2 aromatic heterocycles. The molecule has 0 amide bonds. The molecule has 2 bridgehead atoms. The minimum Gasteiger partial charge on any atom is -0.396 e. The number of nitrogens with zero attached hydrogens (tertiary/aromatic N) is 4. The van der Waals surface area contributed by atoms with Gasteiger partial charge >= 0.3 is 0 Å². The Morgan fingerprint density at radius 2 is 1.83 bits per heavy atom. The summed E-state index contributed by atoms with van der Waals surface area (Å²) in [5.74, 6) is 2.62. The molecule has 184 valence electrons. The van der Waals surface area contributed by atoms with Crippen LogP contribution in [0.2, 0.25) is 0 Å². The molecule has 1 aromatic carbocycles. The number of aromatic nitrogens is 3. The standard InChI is InChI=1S/C28H35N5O2/c34-15-1-2-19-11-13-32(14-12-19)24-8-6-23(7-9-24)30-28-29-18-22-5-10-26(35)33(27(22)31-28)25-17-20-3-4-21(25)16-20/h5-10,18-21,25,34H,1-4,11-17H2,(H,29,30,31)/t20-,21+,25-/m0/s1. The number of anilines is 3. The van der Waals surface area contributed by atoms with Gasteiger partial charge < -0.3 is 15.3 Å². The van der Waals surface area contributed by atoms with E-state index < -0.39 is 0 Å². The SMILES string of the molecule is O=c1ccc2cnc(Nc3ccc(N4CCC(CCCO)CC4)cc3)nc2n1[C@H]1C[C@H]2CC[C@@H]1C2. The smallest absolute Gasteiger partial charge is 0.252 e. The van der Waals surface area contributed by atoms with Crippen LogP contribution in [0.15, 0.2) is 47.4 Å². The first-order valence-electron chi connectivity index (χ1n) is 13.3. The largest absolute Gasteiger partial charge is 0.396 e. The summed E-state index contributed by atoms with van der Waals surface area (Å²) < 4.78 is 1.94. The van der Waals surface area contributed by atoms with Gasteiger partial charge in [-0.05, 0) is 93.0 Å². The molecule has 2 saturated carbocycles. The Hall–Kier alpha value is -2.93. The van der Waals surface area contributed by atoms with Crippen LogP contribution in [0.25, 0.3) is 11.0 Å². The van der Waals surface area contributed by atoms with E-state index in [1.807, 2.05) is 16.8 Å². The van der Waals surface area contributed by atoms with Gasteiger partial charge in [0.1, 0.15) is 5.65 Å². The zero-order valence-electron chi connectivity index (χ0n) is 20.3. The van der Waals surface area contributed by atoms with Crippen molar-refractivity contribution in [3.05, 3.63) is 52.9 Å². The van der Waals surface area contributed by atoms with Gasteiger partial charge in [0.2, 0.25) is 5.95 Å². The van der Waals surface area contributed by atoms with Crippen molar-refractivity contribution in [2.75, 3.05) is 29.9 Å². The van der Waals surface area contributed by atoms with Crippen LogP contribution in [0.1, 0.15) is 57.4 Å². The molecule has 3 heterocycles. The van der Waals surface area contributed by atoms with E-state index in [0.29, 0.717) is 18.5 Å². The van der Waals surface area contributed by atoms with E-state index in [1.165, 1.54) is 37.8 Å². The first-order valence-corrected chi connectivity index (χ1v) is 13.3. The molecule has 3 atom stereocenters. The average Bonchev–Trinajstić information content (AvgIpc) is 3.52. The fourth-order valence-corrected chi connectivity index (χ4v) is 6.69. The second-order valence-electron chi connectivity index (χ2n) is 10.7. The highest BCUT2D eigenvalue weighted by Crippen LogP contribution is 2.50. The molecule has 0 unspecified atom stereocenters. The van der Waals surface area contributed by atoms with E-state index in [4.69, 9.17) is 10.1 Å². The van der Waals surface area contributed by atoms with E-state index in [0.717, 1.165) is 60.9 Å². The predicted molar refractivity (Wildman–Crippen MR) is 139 cm³/mol. The first kappa shape index (κ1) is 22.5. The highest BCUT2D eigenvalue weighted by molar-refractivity contribution is 5.76. The van der Waals surface area contributed by atoms with Crippen molar-refractivity contribution in [3.63, 3.8) is 0 Å². The lowest BCUT2D eigenvalue weighted by Gasteiger charge is -2.33. The number of nitrogens with one attached hydrogen (secondary N) is 1.